The number of carbonyl (C=O) groups is 2. The van der Waals surface area contributed by atoms with Crippen LogP contribution in [-0.2, 0) is 4.79 Å². The van der Waals surface area contributed by atoms with Crippen molar-refractivity contribution >= 4 is 12.3 Å². The Labute approximate surface area is 155 Å². The largest absolute Gasteiger partial charge is 0.494 e. The van der Waals surface area contributed by atoms with Crippen molar-refractivity contribution in [2.45, 2.75) is 57.5 Å². The van der Waals surface area contributed by atoms with E-state index in [9.17, 15) is 9.59 Å². The first-order chi connectivity index (χ1) is 12.4. The second kappa shape index (κ2) is 15.3. The molecule has 26 heavy (non-hydrogen) atoms. The number of hydrogen-bond acceptors (Lipinski definition) is 6. The molecule has 0 saturated heterocycles. The number of aldehydes is 1. The molecule has 1 aromatic carbocycles. The predicted molar refractivity (Wildman–Crippen MR) is 103 cm³/mol. The van der Waals surface area contributed by atoms with Crippen molar-refractivity contribution < 1.29 is 19.4 Å². The van der Waals surface area contributed by atoms with Crippen LogP contribution >= 0.6 is 0 Å². The lowest BCUT2D eigenvalue weighted by molar-refractivity contribution is -0.138. The van der Waals surface area contributed by atoms with Gasteiger partial charge < -0.3 is 27.0 Å². The zero-order valence-corrected chi connectivity index (χ0v) is 15.6. The van der Waals surface area contributed by atoms with Crippen LogP contribution in [0.1, 0.15) is 55.8 Å². The number of rotatable bonds is 6. The van der Waals surface area contributed by atoms with Crippen LogP contribution in [0.25, 0.3) is 0 Å². The van der Waals surface area contributed by atoms with E-state index in [4.69, 9.17) is 27.0 Å². The van der Waals surface area contributed by atoms with Crippen LogP contribution < -0.4 is 21.9 Å². The van der Waals surface area contributed by atoms with Crippen molar-refractivity contribution in [1.82, 2.24) is 0 Å². The summed E-state index contributed by atoms with van der Waals surface area (Å²) in [7, 11) is 0. The first-order valence-corrected chi connectivity index (χ1v) is 9.06. The number of carboxylic acid groups (broad SMARTS) is 1. The molecule has 0 amide bonds. The molecule has 148 valence electrons. The van der Waals surface area contributed by atoms with Crippen LogP contribution in [0.15, 0.2) is 24.3 Å². The normalized spacial score (nSPS) is 14.8. The van der Waals surface area contributed by atoms with Crippen LogP contribution in [0.2, 0.25) is 0 Å². The molecular weight excluding hydrogens is 334 g/mol. The summed E-state index contributed by atoms with van der Waals surface area (Å²) in [6.07, 6.45) is 8.48. The summed E-state index contributed by atoms with van der Waals surface area (Å²) in [6.45, 7) is 2.77. The molecule has 1 unspecified atom stereocenters. The van der Waals surface area contributed by atoms with Gasteiger partial charge >= 0.3 is 5.97 Å². The minimum absolute atomic E-state index is 0.00463. The van der Waals surface area contributed by atoms with E-state index in [1.54, 1.807) is 24.3 Å². The van der Waals surface area contributed by atoms with Crippen molar-refractivity contribution in [3.8, 4) is 5.75 Å². The van der Waals surface area contributed by atoms with E-state index >= 15 is 0 Å². The summed E-state index contributed by atoms with van der Waals surface area (Å²) in [5.41, 5.74) is 16.1. The Morgan fingerprint density at radius 2 is 1.85 bits per heavy atom. The van der Waals surface area contributed by atoms with E-state index < -0.39 is 12.0 Å². The topological polar surface area (TPSA) is 142 Å². The molecule has 0 radical (unpaired) electrons. The fourth-order valence-corrected chi connectivity index (χ4v) is 2.10. The number of carbonyl (C=O) groups excluding carboxylic acids is 1. The lowest BCUT2D eigenvalue weighted by atomic mass is 9.97. The molecule has 0 spiro atoms. The molecule has 1 aromatic rings. The monoisotopic (exact) mass is 367 g/mol. The molecule has 7 N–H and O–H groups in total. The Morgan fingerprint density at radius 1 is 1.27 bits per heavy atom. The number of benzene rings is 1. The third-order valence-electron chi connectivity index (χ3n) is 3.71. The lowest BCUT2D eigenvalue weighted by Gasteiger charge is -2.15. The standard InChI is InChI=1S/C10H12O2.C6H13N.C3H8N2O2/c1-2-7-12-10-5-3-9(8-11)4-6-10;7-6-4-2-1-3-5-6;4-1-2(5)3(6)7/h3-6,8H,2,7H2,1H3;6H,1-5,7H2;2H,1,4-5H2,(H,6,7). The third-order valence-corrected chi connectivity index (χ3v) is 3.71. The Hall–Kier alpha value is -1.96. The number of hydrogen-bond donors (Lipinski definition) is 4. The van der Waals surface area contributed by atoms with Gasteiger partial charge in [0.1, 0.15) is 18.1 Å². The fourth-order valence-electron chi connectivity index (χ4n) is 2.10. The van der Waals surface area contributed by atoms with E-state index in [-0.39, 0.29) is 6.54 Å². The second-order valence-electron chi connectivity index (χ2n) is 6.11. The van der Waals surface area contributed by atoms with Gasteiger partial charge in [0.25, 0.3) is 0 Å². The Morgan fingerprint density at radius 3 is 2.15 bits per heavy atom. The van der Waals surface area contributed by atoms with E-state index in [1.807, 2.05) is 0 Å². The van der Waals surface area contributed by atoms with Crippen molar-refractivity contribution in [1.29, 1.82) is 0 Å². The molecule has 0 bridgehead atoms. The van der Waals surface area contributed by atoms with Gasteiger partial charge in [0, 0.05) is 18.2 Å². The van der Waals surface area contributed by atoms with E-state index in [0.717, 1.165) is 25.1 Å². The van der Waals surface area contributed by atoms with Crippen LogP contribution in [0.3, 0.4) is 0 Å². The van der Waals surface area contributed by atoms with Crippen molar-refractivity contribution in [2.75, 3.05) is 13.2 Å². The number of aliphatic carboxylic acids is 1. The SMILES string of the molecule is CCCOc1ccc(C=O)cc1.NC1CCCCC1.NCC(N)C(=O)O. The van der Waals surface area contributed by atoms with Crippen molar-refractivity contribution in [3.05, 3.63) is 29.8 Å². The summed E-state index contributed by atoms with van der Waals surface area (Å²) in [4.78, 5) is 20.0. The lowest BCUT2D eigenvalue weighted by Crippen LogP contribution is -2.37. The molecule has 2 rings (SSSR count). The Kier molecular flexibility index (Phi) is 14.2. The molecule has 1 fully saturated rings. The number of carboxylic acids is 1. The molecule has 0 aliphatic heterocycles. The maximum absolute atomic E-state index is 10.3. The quantitative estimate of drug-likeness (QED) is 0.563. The smallest absolute Gasteiger partial charge is 0.321 e. The number of ether oxygens (including phenoxy) is 1. The summed E-state index contributed by atoms with van der Waals surface area (Å²) in [5.74, 6) is -0.232. The molecule has 1 aliphatic rings. The molecular formula is C19H33N3O4. The van der Waals surface area contributed by atoms with Gasteiger partial charge in [-0.25, -0.2) is 0 Å². The van der Waals surface area contributed by atoms with Gasteiger partial charge in [-0.3, -0.25) is 9.59 Å². The first-order valence-electron chi connectivity index (χ1n) is 9.06. The van der Waals surface area contributed by atoms with Crippen molar-refractivity contribution in [3.63, 3.8) is 0 Å². The fraction of sp³-hybridized carbons (Fsp3) is 0.579. The van der Waals surface area contributed by atoms with E-state index in [0.29, 0.717) is 11.6 Å². The van der Waals surface area contributed by atoms with Gasteiger partial charge in [-0.2, -0.15) is 0 Å². The van der Waals surface area contributed by atoms with Crippen LogP contribution in [-0.4, -0.2) is 42.6 Å². The average Bonchev–Trinajstić information content (AvgIpc) is 2.67. The van der Waals surface area contributed by atoms with Gasteiger partial charge in [0.15, 0.2) is 0 Å². The highest BCUT2D eigenvalue weighted by Gasteiger charge is 2.06. The van der Waals surface area contributed by atoms with Crippen LogP contribution in [0, 0.1) is 0 Å². The molecule has 1 saturated carbocycles. The zero-order chi connectivity index (χ0) is 19.8. The minimum atomic E-state index is -1.05. The highest BCUT2D eigenvalue weighted by molar-refractivity contribution is 5.74. The first kappa shape index (κ1) is 24.0. The zero-order valence-electron chi connectivity index (χ0n) is 15.6. The molecule has 1 atom stereocenters. The summed E-state index contributed by atoms with van der Waals surface area (Å²) in [5, 5.41) is 7.98. The predicted octanol–water partition coefficient (Wildman–Crippen LogP) is 1.92. The number of nitrogens with two attached hydrogens (primary N) is 3. The molecule has 0 aromatic heterocycles. The maximum atomic E-state index is 10.3. The van der Waals surface area contributed by atoms with Gasteiger partial charge in [-0.1, -0.05) is 26.2 Å². The van der Waals surface area contributed by atoms with Gasteiger partial charge in [-0.05, 0) is 43.5 Å². The van der Waals surface area contributed by atoms with Crippen LogP contribution in [0.4, 0.5) is 0 Å². The van der Waals surface area contributed by atoms with E-state index in [1.165, 1.54) is 32.1 Å². The molecule has 1 aliphatic carbocycles. The summed E-state index contributed by atoms with van der Waals surface area (Å²) >= 11 is 0. The maximum Gasteiger partial charge on any atom is 0.321 e. The van der Waals surface area contributed by atoms with Gasteiger partial charge in [-0.15, -0.1) is 0 Å². The minimum Gasteiger partial charge on any atom is -0.494 e. The van der Waals surface area contributed by atoms with Crippen LogP contribution in [0.5, 0.6) is 5.75 Å². The van der Waals surface area contributed by atoms with Gasteiger partial charge in [0.05, 0.1) is 6.61 Å². The summed E-state index contributed by atoms with van der Waals surface area (Å²) < 4.78 is 5.34. The van der Waals surface area contributed by atoms with Gasteiger partial charge in [0.2, 0.25) is 0 Å². The average molecular weight is 367 g/mol. The molecule has 7 heteroatoms. The Bertz CT molecular complexity index is 488. The third kappa shape index (κ3) is 12.4. The summed E-state index contributed by atoms with van der Waals surface area (Å²) in [6, 6.07) is 6.74. The highest BCUT2D eigenvalue weighted by atomic mass is 16.5. The molecule has 0 heterocycles. The molecule has 7 nitrogen and oxygen atoms in total. The highest BCUT2D eigenvalue weighted by Crippen LogP contribution is 2.14. The van der Waals surface area contributed by atoms with E-state index in [2.05, 4.69) is 6.92 Å². The Balaban J connectivity index is 0.000000385. The second-order valence-corrected chi connectivity index (χ2v) is 6.11. The van der Waals surface area contributed by atoms with Crippen molar-refractivity contribution in [2.24, 2.45) is 17.2 Å².